The molecule has 0 unspecified atom stereocenters. The van der Waals surface area contributed by atoms with Crippen LogP contribution in [0, 0.1) is 0 Å². The number of amides is 2. The first-order valence-corrected chi connectivity index (χ1v) is 5.22. The minimum Gasteiger partial charge on any atom is -0.335 e. The second kappa shape index (κ2) is 6.43. The summed E-state index contributed by atoms with van der Waals surface area (Å²) in [5.74, 6) is 0. The normalized spacial score (nSPS) is 17.5. The number of carbonyl (C=O) groups excluding carboxylic acids is 1. The van der Waals surface area contributed by atoms with Gasteiger partial charge >= 0.3 is 6.03 Å². The van der Waals surface area contributed by atoms with Gasteiger partial charge in [-0.1, -0.05) is 25.0 Å². The lowest BCUT2D eigenvalue weighted by Gasteiger charge is -2.11. The van der Waals surface area contributed by atoms with Crippen LogP contribution in [0.5, 0.6) is 0 Å². The maximum atomic E-state index is 11.3. The number of hydrogen-bond acceptors (Lipinski definition) is 2. The van der Waals surface area contributed by atoms with Gasteiger partial charge in [-0.3, -0.25) is 0 Å². The molecular weight excluding hydrogens is 178 g/mol. The number of hydrogen-bond donors (Lipinski definition) is 3. The van der Waals surface area contributed by atoms with Crippen molar-refractivity contribution >= 4 is 6.03 Å². The molecule has 0 aromatic heterocycles. The summed E-state index contributed by atoms with van der Waals surface area (Å²) in [6.45, 7) is 1.07. The van der Waals surface area contributed by atoms with E-state index in [1.54, 1.807) is 0 Å². The molecule has 0 radical (unpaired) electrons. The maximum absolute atomic E-state index is 11.3. The van der Waals surface area contributed by atoms with Gasteiger partial charge in [-0.25, -0.2) is 4.79 Å². The van der Waals surface area contributed by atoms with E-state index in [0.717, 1.165) is 12.8 Å². The summed E-state index contributed by atoms with van der Waals surface area (Å²) in [5.41, 5.74) is 5.26. The van der Waals surface area contributed by atoms with E-state index in [-0.39, 0.29) is 6.03 Å². The molecule has 4 N–H and O–H groups in total. The monoisotopic (exact) mass is 197 g/mol. The molecule has 4 heteroatoms. The SMILES string of the molecule is NC/C=C/CNC(=O)NC1CCCC1. The third-order valence-corrected chi connectivity index (χ3v) is 2.37. The Morgan fingerprint density at radius 2 is 2.07 bits per heavy atom. The van der Waals surface area contributed by atoms with E-state index in [2.05, 4.69) is 10.6 Å². The van der Waals surface area contributed by atoms with Crippen molar-refractivity contribution in [3.8, 4) is 0 Å². The van der Waals surface area contributed by atoms with Crippen LogP contribution in [0.25, 0.3) is 0 Å². The number of nitrogens with one attached hydrogen (secondary N) is 2. The first-order chi connectivity index (χ1) is 6.83. The molecule has 0 aromatic carbocycles. The lowest BCUT2D eigenvalue weighted by Crippen LogP contribution is -2.40. The lowest BCUT2D eigenvalue weighted by atomic mass is 10.2. The van der Waals surface area contributed by atoms with Gasteiger partial charge in [-0.05, 0) is 12.8 Å². The van der Waals surface area contributed by atoms with E-state index in [0.29, 0.717) is 19.1 Å². The van der Waals surface area contributed by atoms with Crippen molar-refractivity contribution < 1.29 is 4.79 Å². The van der Waals surface area contributed by atoms with Crippen molar-refractivity contribution in [3.63, 3.8) is 0 Å². The number of nitrogens with two attached hydrogens (primary N) is 1. The fraction of sp³-hybridized carbons (Fsp3) is 0.700. The van der Waals surface area contributed by atoms with Gasteiger partial charge in [0.25, 0.3) is 0 Å². The summed E-state index contributed by atoms with van der Waals surface area (Å²) in [5, 5.41) is 5.69. The van der Waals surface area contributed by atoms with Crippen LogP contribution in [-0.4, -0.2) is 25.2 Å². The Labute approximate surface area is 84.9 Å². The zero-order valence-corrected chi connectivity index (χ0v) is 8.46. The van der Waals surface area contributed by atoms with Crippen molar-refractivity contribution in [2.45, 2.75) is 31.7 Å². The second-order valence-corrected chi connectivity index (χ2v) is 3.54. The molecule has 0 atom stereocenters. The van der Waals surface area contributed by atoms with Gasteiger partial charge in [0, 0.05) is 19.1 Å². The van der Waals surface area contributed by atoms with E-state index in [9.17, 15) is 4.79 Å². The van der Waals surface area contributed by atoms with Crippen molar-refractivity contribution in [3.05, 3.63) is 12.2 Å². The lowest BCUT2D eigenvalue weighted by molar-refractivity contribution is 0.238. The average Bonchev–Trinajstić information content (AvgIpc) is 2.65. The van der Waals surface area contributed by atoms with E-state index in [4.69, 9.17) is 5.73 Å². The maximum Gasteiger partial charge on any atom is 0.315 e. The predicted molar refractivity (Wildman–Crippen MR) is 57.0 cm³/mol. The average molecular weight is 197 g/mol. The molecule has 2 amide bonds. The van der Waals surface area contributed by atoms with Crippen molar-refractivity contribution in [2.24, 2.45) is 5.73 Å². The van der Waals surface area contributed by atoms with Crippen LogP contribution in [0.15, 0.2) is 12.2 Å². The zero-order valence-electron chi connectivity index (χ0n) is 8.46. The standard InChI is InChI=1S/C10H19N3O/c11-7-3-4-8-12-10(14)13-9-5-1-2-6-9/h3-4,9H,1-2,5-8,11H2,(H2,12,13,14)/b4-3+. The minimum atomic E-state index is -0.0708. The molecule has 1 fully saturated rings. The highest BCUT2D eigenvalue weighted by Crippen LogP contribution is 2.17. The highest BCUT2D eigenvalue weighted by Gasteiger charge is 2.16. The molecular formula is C10H19N3O. The van der Waals surface area contributed by atoms with Crippen LogP contribution < -0.4 is 16.4 Å². The van der Waals surface area contributed by atoms with E-state index in [1.165, 1.54) is 12.8 Å². The number of urea groups is 1. The van der Waals surface area contributed by atoms with Gasteiger partial charge in [0.05, 0.1) is 0 Å². The smallest absolute Gasteiger partial charge is 0.315 e. The Morgan fingerprint density at radius 1 is 1.36 bits per heavy atom. The first-order valence-electron chi connectivity index (χ1n) is 5.22. The van der Waals surface area contributed by atoms with Crippen LogP contribution in [0.1, 0.15) is 25.7 Å². The summed E-state index contributed by atoms with van der Waals surface area (Å²) in [4.78, 5) is 11.3. The predicted octanol–water partition coefficient (Wildman–Crippen LogP) is 0.743. The molecule has 0 heterocycles. The minimum absolute atomic E-state index is 0.0708. The summed E-state index contributed by atoms with van der Waals surface area (Å²) in [6.07, 6.45) is 8.39. The van der Waals surface area contributed by atoms with Crippen LogP contribution >= 0.6 is 0 Å². The van der Waals surface area contributed by atoms with Crippen LogP contribution in [0.4, 0.5) is 4.79 Å². The van der Waals surface area contributed by atoms with Crippen LogP contribution in [0.2, 0.25) is 0 Å². The van der Waals surface area contributed by atoms with E-state index >= 15 is 0 Å². The summed E-state index contributed by atoms with van der Waals surface area (Å²) in [7, 11) is 0. The zero-order chi connectivity index (χ0) is 10.2. The van der Waals surface area contributed by atoms with Crippen molar-refractivity contribution in [1.29, 1.82) is 0 Å². The summed E-state index contributed by atoms with van der Waals surface area (Å²) >= 11 is 0. The molecule has 0 bridgehead atoms. The molecule has 0 saturated heterocycles. The Kier molecular flexibility index (Phi) is 5.07. The molecule has 14 heavy (non-hydrogen) atoms. The van der Waals surface area contributed by atoms with Gasteiger partial charge in [0.1, 0.15) is 0 Å². The van der Waals surface area contributed by atoms with Gasteiger partial charge in [0.2, 0.25) is 0 Å². The first kappa shape index (κ1) is 11.0. The fourth-order valence-corrected chi connectivity index (χ4v) is 1.64. The van der Waals surface area contributed by atoms with Crippen molar-refractivity contribution in [1.82, 2.24) is 10.6 Å². The Hall–Kier alpha value is -1.03. The molecule has 1 aliphatic carbocycles. The van der Waals surface area contributed by atoms with Gasteiger partial charge in [-0.2, -0.15) is 0 Å². The molecule has 1 aliphatic rings. The number of rotatable bonds is 4. The summed E-state index contributed by atoms with van der Waals surface area (Å²) in [6, 6.07) is 0.312. The van der Waals surface area contributed by atoms with Gasteiger partial charge in [-0.15, -0.1) is 0 Å². The Bertz CT molecular complexity index is 198. The Balaban J connectivity index is 2.06. The Morgan fingerprint density at radius 3 is 2.71 bits per heavy atom. The third kappa shape index (κ3) is 4.28. The highest BCUT2D eigenvalue weighted by molar-refractivity contribution is 5.74. The molecule has 80 valence electrons. The third-order valence-electron chi connectivity index (χ3n) is 2.37. The van der Waals surface area contributed by atoms with E-state index in [1.807, 2.05) is 12.2 Å². The molecule has 4 nitrogen and oxygen atoms in total. The molecule has 0 spiro atoms. The molecule has 0 aromatic rings. The molecule has 1 rings (SSSR count). The van der Waals surface area contributed by atoms with Gasteiger partial charge < -0.3 is 16.4 Å². The van der Waals surface area contributed by atoms with Crippen LogP contribution in [0.3, 0.4) is 0 Å². The van der Waals surface area contributed by atoms with E-state index < -0.39 is 0 Å². The highest BCUT2D eigenvalue weighted by atomic mass is 16.2. The fourth-order valence-electron chi connectivity index (χ4n) is 1.64. The largest absolute Gasteiger partial charge is 0.335 e. The molecule has 0 aliphatic heterocycles. The van der Waals surface area contributed by atoms with Crippen molar-refractivity contribution in [2.75, 3.05) is 13.1 Å². The quantitative estimate of drug-likeness (QED) is 0.582. The summed E-state index contributed by atoms with van der Waals surface area (Å²) < 4.78 is 0. The second-order valence-electron chi connectivity index (χ2n) is 3.54. The number of carbonyl (C=O) groups is 1. The topological polar surface area (TPSA) is 67.1 Å². The van der Waals surface area contributed by atoms with Gasteiger partial charge in [0.15, 0.2) is 0 Å². The van der Waals surface area contributed by atoms with Crippen LogP contribution in [-0.2, 0) is 0 Å². The molecule has 1 saturated carbocycles.